The first kappa shape index (κ1) is 21.4. The van der Waals surface area contributed by atoms with Gasteiger partial charge in [0.1, 0.15) is 5.75 Å². The molecule has 1 atom stereocenters. The van der Waals surface area contributed by atoms with Gasteiger partial charge >= 0.3 is 0 Å². The van der Waals surface area contributed by atoms with Crippen LogP contribution in [0.15, 0.2) is 53.2 Å². The molecule has 2 N–H and O–H groups in total. The second kappa shape index (κ2) is 10.4. The van der Waals surface area contributed by atoms with Gasteiger partial charge in [-0.2, -0.15) is 5.10 Å². The minimum Gasteiger partial charge on any atom is -0.494 e. The molecule has 0 saturated heterocycles. The molecule has 1 aromatic rings. The summed E-state index contributed by atoms with van der Waals surface area (Å²) in [5.74, 6) is 0.613. The van der Waals surface area contributed by atoms with Gasteiger partial charge in [0.05, 0.1) is 12.3 Å². The Morgan fingerprint density at radius 1 is 1.21 bits per heavy atom. The number of carbonyl (C=O) groups is 2. The van der Waals surface area contributed by atoms with Crippen LogP contribution in [0, 0.1) is 5.92 Å². The zero-order chi connectivity index (χ0) is 20.5. The molecule has 0 heterocycles. The topological polar surface area (TPSA) is 79.8 Å². The fourth-order valence-electron chi connectivity index (χ4n) is 2.86. The lowest BCUT2D eigenvalue weighted by molar-refractivity contribution is -0.124. The van der Waals surface area contributed by atoms with Crippen molar-refractivity contribution in [3.63, 3.8) is 0 Å². The number of hydrogen-bond acceptors (Lipinski definition) is 4. The summed E-state index contributed by atoms with van der Waals surface area (Å²) in [6.07, 6.45) is 4.02. The van der Waals surface area contributed by atoms with Crippen molar-refractivity contribution in [2.24, 2.45) is 11.0 Å². The minimum atomic E-state index is -0.278. The van der Waals surface area contributed by atoms with Crippen LogP contribution in [0.4, 0.5) is 5.69 Å². The maximum absolute atomic E-state index is 12.0. The van der Waals surface area contributed by atoms with E-state index in [9.17, 15) is 9.59 Å². The highest BCUT2D eigenvalue weighted by Gasteiger charge is 2.18. The van der Waals surface area contributed by atoms with Crippen molar-refractivity contribution in [2.75, 3.05) is 11.9 Å². The van der Waals surface area contributed by atoms with Crippen molar-refractivity contribution >= 4 is 23.2 Å². The monoisotopic (exact) mass is 383 g/mol. The number of benzene rings is 1. The molecule has 0 radical (unpaired) electrons. The van der Waals surface area contributed by atoms with E-state index in [1.54, 1.807) is 24.3 Å². The molecule has 28 heavy (non-hydrogen) atoms. The zero-order valence-electron chi connectivity index (χ0n) is 16.9. The second-order valence-electron chi connectivity index (χ2n) is 6.97. The molecule has 0 bridgehead atoms. The van der Waals surface area contributed by atoms with Gasteiger partial charge in [-0.05, 0) is 69.4 Å². The SMILES string of the molecule is C=C(C)C1CC=C(C)/C(=N/NC(=O)CCC(=O)Nc2ccc(OCC)cc2)C1. The average molecular weight is 383 g/mol. The van der Waals surface area contributed by atoms with E-state index < -0.39 is 0 Å². The highest BCUT2D eigenvalue weighted by molar-refractivity contribution is 6.01. The molecule has 0 spiro atoms. The van der Waals surface area contributed by atoms with Gasteiger partial charge in [-0.1, -0.05) is 18.2 Å². The van der Waals surface area contributed by atoms with Crippen LogP contribution in [0.5, 0.6) is 5.75 Å². The number of hydrazone groups is 1. The van der Waals surface area contributed by atoms with Gasteiger partial charge in [0, 0.05) is 18.5 Å². The predicted molar refractivity (Wildman–Crippen MR) is 112 cm³/mol. The third-order valence-corrected chi connectivity index (χ3v) is 4.64. The van der Waals surface area contributed by atoms with Gasteiger partial charge in [0.15, 0.2) is 0 Å². The summed E-state index contributed by atoms with van der Waals surface area (Å²) in [5.41, 5.74) is 6.30. The van der Waals surface area contributed by atoms with E-state index in [1.807, 2.05) is 20.8 Å². The van der Waals surface area contributed by atoms with Crippen molar-refractivity contribution in [1.82, 2.24) is 5.43 Å². The number of nitrogens with zero attached hydrogens (tertiary/aromatic N) is 1. The van der Waals surface area contributed by atoms with Crippen molar-refractivity contribution < 1.29 is 14.3 Å². The Morgan fingerprint density at radius 3 is 2.54 bits per heavy atom. The molecule has 6 heteroatoms. The van der Waals surface area contributed by atoms with Crippen LogP contribution in [0.1, 0.15) is 46.5 Å². The van der Waals surface area contributed by atoms with Crippen LogP contribution in [0.25, 0.3) is 0 Å². The number of rotatable bonds is 8. The van der Waals surface area contributed by atoms with E-state index in [0.717, 1.165) is 35.4 Å². The summed E-state index contributed by atoms with van der Waals surface area (Å²) in [4.78, 5) is 24.1. The van der Waals surface area contributed by atoms with Gasteiger partial charge in [0.25, 0.3) is 0 Å². The summed E-state index contributed by atoms with van der Waals surface area (Å²) >= 11 is 0. The lowest BCUT2D eigenvalue weighted by Crippen LogP contribution is -2.24. The maximum Gasteiger partial charge on any atom is 0.240 e. The smallest absolute Gasteiger partial charge is 0.240 e. The van der Waals surface area contributed by atoms with Gasteiger partial charge in [0.2, 0.25) is 11.8 Å². The molecule has 0 saturated carbocycles. The zero-order valence-corrected chi connectivity index (χ0v) is 16.9. The number of nitrogens with one attached hydrogen (secondary N) is 2. The molecule has 2 amide bonds. The second-order valence-corrected chi connectivity index (χ2v) is 6.97. The van der Waals surface area contributed by atoms with Crippen LogP contribution in [0.2, 0.25) is 0 Å². The highest BCUT2D eigenvalue weighted by atomic mass is 16.5. The van der Waals surface area contributed by atoms with Gasteiger partial charge in [-0.15, -0.1) is 0 Å². The molecule has 2 rings (SSSR count). The molecule has 1 aromatic carbocycles. The molecule has 1 aliphatic rings. The summed E-state index contributed by atoms with van der Waals surface area (Å²) in [6, 6.07) is 7.12. The molecule has 0 aromatic heterocycles. The van der Waals surface area contributed by atoms with Crippen LogP contribution in [-0.2, 0) is 9.59 Å². The number of hydrogen-bond donors (Lipinski definition) is 2. The molecular formula is C22H29N3O3. The first-order chi connectivity index (χ1) is 13.4. The average Bonchev–Trinajstić information content (AvgIpc) is 2.67. The molecular weight excluding hydrogens is 354 g/mol. The molecule has 6 nitrogen and oxygen atoms in total. The first-order valence-electron chi connectivity index (χ1n) is 9.59. The molecule has 0 fully saturated rings. The van der Waals surface area contributed by atoms with Crippen molar-refractivity contribution in [3.8, 4) is 5.75 Å². The third kappa shape index (κ3) is 6.68. The molecule has 1 unspecified atom stereocenters. The number of carbonyl (C=O) groups excluding carboxylic acids is 2. The van der Waals surface area contributed by atoms with Gasteiger partial charge in [-0.3, -0.25) is 9.59 Å². The number of anilines is 1. The van der Waals surface area contributed by atoms with E-state index in [0.29, 0.717) is 18.2 Å². The van der Waals surface area contributed by atoms with E-state index in [1.165, 1.54) is 0 Å². The van der Waals surface area contributed by atoms with E-state index in [2.05, 4.69) is 28.5 Å². The molecule has 0 aliphatic heterocycles. The van der Waals surface area contributed by atoms with Crippen LogP contribution in [-0.4, -0.2) is 24.1 Å². The van der Waals surface area contributed by atoms with Gasteiger partial charge in [-0.25, -0.2) is 5.43 Å². The van der Waals surface area contributed by atoms with E-state index in [-0.39, 0.29) is 24.7 Å². The molecule has 1 aliphatic carbocycles. The third-order valence-electron chi connectivity index (χ3n) is 4.64. The maximum atomic E-state index is 12.0. The summed E-state index contributed by atoms with van der Waals surface area (Å²) in [7, 11) is 0. The Kier molecular flexibility index (Phi) is 7.99. The Labute approximate surface area is 166 Å². The van der Waals surface area contributed by atoms with Crippen LogP contribution in [0.3, 0.4) is 0 Å². The Hall–Kier alpha value is -2.89. The normalized spacial score (nSPS) is 17.6. The van der Waals surface area contributed by atoms with Crippen molar-refractivity contribution in [1.29, 1.82) is 0 Å². The lowest BCUT2D eigenvalue weighted by Gasteiger charge is -2.22. The quantitative estimate of drug-likeness (QED) is 0.521. The summed E-state index contributed by atoms with van der Waals surface area (Å²) in [5, 5.41) is 7.02. The fraction of sp³-hybridized carbons (Fsp3) is 0.409. The Balaban J connectivity index is 1.78. The fourth-order valence-corrected chi connectivity index (χ4v) is 2.86. The van der Waals surface area contributed by atoms with E-state index >= 15 is 0 Å². The largest absolute Gasteiger partial charge is 0.494 e. The number of allylic oxidation sites excluding steroid dienone is 3. The Morgan fingerprint density at radius 2 is 1.89 bits per heavy atom. The Bertz CT molecular complexity index is 779. The predicted octanol–water partition coefficient (Wildman–Crippen LogP) is 4.21. The summed E-state index contributed by atoms with van der Waals surface area (Å²) < 4.78 is 5.36. The van der Waals surface area contributed by atoms with Crippen molar-refractivity contribution in [3.05, 3.63) is 48.1 Å². The van der Waals surface area contributed by atoms with E-state index in [4.69, 9.17) is 4.74 Å². The standard InChI is InChI=1S/C22H29N3O3/c1-5-28-19-10-8-18(9-11-19)23-21(26)12-13-22(27)25-24-20-14-17(15(2)3)7-6-16(20)4/h6,8-11,17H,2,5,7,12-14H2,1,3-4H3,(H,23,26)(H,25,27)/b24-20+. The molecule has 150 valence electrons. The number of amides is 2. The number of ether oxygens (including phenoxy) is 1. The summed E-state index contributed by atoms with van der Waals surface area (Å²) in [6.45, 7) is 10.5. The van der Waals surface area contributed by atoms with Crippen molar-refractivity contribution in [2.45, 2.75) is 46.5 Å². The van der Waals surface area contributed by atoms with Gasteiger partial charge < -0.3 is 10.1 Å². The minimum absolute atomic E-state index is 0.0757. The van der Waals surface area contributed by atoms with Crippen LogP contribution < -0.4 is 15.5 Å². The first-order valence-corrected chi connectivity index (χ1v) is 9.59. The van der Waals surface area contributed by atoms with Crippen LogP contribution >= 0.6 is 0 Å². The highest BCUT2D eigenvalue weighted by Crippen LogP contribution is 2.26. The lowest BCUT2D eigenvalue weighted by atomic mass is 9.85.